The molecule has 0 radical (unpaired) electrons. The SMILES string of the molecule is CCCCCCCCCCCCCCCCC[C@@H](O)C[C@H]1OC(=O)[C@@H]1CCC. The lowest BCUT2D eigenvalue weighted by molar-refractivity contribution is -0.188. The Morgan fingerprint density at radius 3 is 1.64 bits per heavy atom. The third-order valence-electron chi connectivity index (χ3n) is 6.26. The highest BCUT2D eigenvalue weighted by molar-refractivity contribution is 5.78. The Morgan fingerprint density at radius 1 is 0.750 bits per heavy atom. The molecular formula is C25H48O3. The van der Waals surface area contributed by atoms with Crippen LogP contribution in [-0.4, -0.2) is 23.3 Å². The van der Waals surface area contributed by atoms with Crippen molar-refractivity contribution >= 4 is 5.97 Å². The first-order valence-corrected chi connectivity index (χ1v) is 12.6. The lowest BCUT2D eigenvalue weighted by Gasteiger charge is -2.36. The number of carbonyl (C=O) groups is 1. The van der Waals surface area contributed by atoms with Crippen LogP contribution >= 0.6 is 0 Å². The molecule has 1 rings (SSSR count). The molecule has 0 aromatic heterocycles. The number of unbranched alkanes of at least 4 members (excludes halogenated alkanes) is 14. The molecule has 0 spiro atoms. The Labute approximate surface area is 175 Å². The summed E-state index contributed by atoms with van der Waals surface area (Å²) in [5.41, 5.74) is 0. The van der Waals surface area contributed by atoms with E-state index in [2.05, 4.69) is 13.8 Å². The molecular weight excluding hydrogens is 348 g/mol. The van der Waals surface area contributed by atoms with E-state index in [-0.39, 0.29) is 24.1 Å². The molecule has 1 fully saturated rings. The number of hydrogen-bond acceptors (Lipinski definition) is 3. The second-order valence-corrected chi connectivity index (χ2v) is 9.00. The van der Waals surface area contributed by atoms with E-state index in [1.165, 1.54) is 89.9 Å². The first-order chi connectivity index (χ1) is 13.7. The van der Waals surface area contributed by atoms with Crippen molar-refractivity contribution in [1.29, 1.82) is 0 Å². The average Bonchev–Trinajstić information content (AvgIpc) is 2.68. The summed E-state index contributed by atoms with van der Waals surface area (Å²) >= 11 is 0. The average molecular weight is 397 g/mol. The van der Waals surface area contributed by atoms with Crippen LogP contribution < -0.4 is 0 Å². The van der Waals surface area contributed by atoms with Crippen molar-refractivity contribution in [2.24, 2.45) is 5.92 Å². The molecule has 0 amide bonds. The normalized spacial score (nSPS) is 20.0. The smallest absolute Gasteiger partial charge is 0.313 e. The van der Waals surface area contributed by atoms with Gasteiger partial charge in [-0.05, 0) is 12.8 Å². The number of hydrogen-bond donors (Lipinski definition) is 1. The summed E-state index contributed by atoms with van der Waals surface area (Å²) < 4.78 is 5.20. The molecule has 1 aliphatic heterocycles. The highest BCUT2D eigenvalue weighted by atomic mass is 16.6. The maximum atomic E-state index is 11.4. The van der Waals surface area contributed by atoms with E-state index in [1.807, 2.05) is 0 Å². The van der Waals surface area contributed by atoms with E-state index in [1.54, 1.807) is 0 Å². The molecule has 0 bridgehead atoms. The van der Waals surface area contributed by atoms with E-state index in [0.29, 0.717) is 6.42 Å². The van der Waals surface area contributed by atoms with Gasteiger partial charge in [-0.1, -0.05) is 117 Å². The highest BCUT2D eigenvalue weighted by Crippen LogP contribution is 2.30. The van der Waals surface area contributed by atoms with Crippen LogP contribution in [0.3, 0.4) is 0 Å². The molecule has 3 atom stereocenters. The van der Waals surface area contributed by atoms with Crippen molar-refractivity contribution in [2.75, 3.05) is 0 Å². The molecule has 3 nitrogen and oxygen atoms in total. The van der Waals surface area contributed by atoms with Gasteiger partial charge in [-0.3, -0.25) is 4.79 Å². The van der Waals surface area contributed by atoms with Crippen molar-refractivity contribution in [2.45, 2.75) is 148 Å². The minimum Gasteiger partial charge on any atom is -0.461 e. The Balaban J connectivity index is 1.80. The van der Waals surface area contributed by atoms with Gasteiger partial charge >= 0.3 is 5.97 Å². The topological polar surface area (TPSA) is 46.5 Å². The number of carbonyl (C=O) groups excluding carboxylic acids is 1. The van der Waals surface area contributed by atoms with Crippen LogP contribution in [0.1, 0.15) is 136 Å². The van der Waals surface area contributed by atoms with Crippen LogP contribution in [0.2, 0.25) is 0 Å². The van der Waals surface area contributed by atoms with Gasteiger partial charge < -0.3 is 9.84 Å². The van der Waals surface area contributed by atoms with Crippen LogP contribution in [-0.2, 0) is 9.53 Å². The monoisotopic (exact) mass is 396 g/mol. The van der Waals surface area contributed by atoms with Crippen LogP contribution in [0.4, 0.5) is 0 Å². The summed E-state index contributed by atoms with van der Waals surface area (Å²) in [5, 5.41) is 10.2. The zero-order chi connectivity index (χ0) is 20.5. The number of ether oxygens (including phenoxy) is 1. The van der Waals surface area contributed by atoms with Gasteiger partial charge in [0.1, 0.15) is 6.10 Å². The lowest BCUT2D eigenvalue weighted by atomic mass is 9.87. The largest absolute Gasteiger partial charge is 0.461 e. The predicted octanol–water partition coefficient (Wildman–Crippen LogP) is 7.34. The first-order valence-electron chi connectivity index (χ1n) is 12.6. The number of esters is 1. The molecule has 0 aromatic rings. The number of aliphatic hydroxyl groups is 1. The van der Waals surface area contributed by atoms with Crippen molar-refractivity contribution in [3.8, 4) is 0 Å². The van der Waals surface area contributed by atoms with Gasteiger partial charge in [0, 0.05) is 6.42 Å². The number of rotatable bonds is 20. The third-order valence-corrected chi connectivity index (χ3v) is 6.26. The maximum absolute atomic E-state index is 11.4. The summed E-state index contributed by atoms with van der Waals surface area (Å²) in [4.78, 5) is 11.4. The molecule has 1 aliphatic rings. The number of aliphatic hydroxyl groups excluding tert-OH is 1. The molecule has 1 heterocycles. The molecule has 0 saturated carbocycles. The fraction of sp³-hybridized carbons (Fsp3) is 0.960. The molecule has 28 heavy (non-hydrogen) atoms. The van der Waals surface area contributed by atoms with Crippen molar-refractivity contribution < 1.29 is 14.6 Å². The van der Waals surface area contributed by atoms with Crippen LogP contribution in [0.5, 0.6) is 0 Å². The zero-order valence-electron chi connectivity index (χ0n) is 18.9. The van der Waals surface area contributed by atoms with Gasteiger partial charge in [-0.15, -0.1) is 0 Å². The lowest BCUT2D eigenvalue weighted by Crippen LogP contribution is -2.46. The van der Waals surface area contributed by atoms with E-state index < -0.39 is 0 Å². The van der Waals surface area contributed by atoms with Crippen molar-refractivity contribution in [3.05, 3.63) is 0 Å². The van der Waals surface area contributed by atoms with Crippen LogP contribution in [0, 0.1) is 5.92 Å². The fourth-order valence-corrected chi connectivity index (χ4v) is 4.36. The van der Waals surface area contributed by atoms with E-state index in [0.717, 1.165) is 25.7 Å². The summed E-state index contributed by atoms with van der Waals surface area (Å²) in [5.74, 6) is -0.0215. The highest BCUT2D eigenvalue weighted by Gasteiger charge is 2.42. The van der Waals surface area contributed by atoms with Gasteiger partial charge in [-0.25, -0.2) is 0 Å². The van der Waals surface area contributed by atoms with Crippen LogP contribution in [0.25, 0.3) is 0 Å². The van der Waals surface area contributed by atoms with Crippen molar-refractivity contribution in [3.63, 3.8) is 0 Å². The quantitative estimate of drug-likeness (QED) is 0.173. The second-order valence-electron chi connectivity index (χ2n) is 9.00. The van der Waals surface area contributed by atoms with Crippen molar-refractivity contribution in [1.82, 2.24) is 0 Å². The molecule has 0 aliphatic carbocycles. The summed E-state index contributed by atoms with van der Waals surface area (Å²) in [7, 11) is 0. The molecule has 0 aromatic carbocycles. The Morgan fingerprint density at radius 2 is 1.21 bits per heavy atom. The van der Waals surface area contributed by atoms with E-state index in [4.69, 9.17) is 4.74 Å². The van der Waals surface area contributed by atoms with E-state index in [9.17, 15) is 9.90 Å². The Kier molecular flexibility index (Phi) is 15.7. The fourth-order valence-electron chi connectivity index (χ4n) is 4.36. The predicted molar refractivity (Wildman–Crippen MR) is 118 cm³/mol. The molecule has 166 valence electrons. The van der Waals surface area contributed by atoms with Gasteiger partial charge in [0.05, 0.1) is 12.0 Å². The minimum absolute atomic E-state index is 0.0289. The Bertz CT molecular complexity index is 369. The number of cyclic esters (lactones) is 1. The van der Waals surface area contributed by atoms with Gasteiger partial charge in [0.15, 0.2) is 0 Å². The molecule has 1 saturated heterocycles. The van der Waals surface area contributed by atoms with E-state index >= 15 is 0 Å². The maximum Gasteiger partial charge on any atom is 0.313 e. The van der Waals surface area contributed by atoms with Crippen LogP contribution in [0.15, 0.2) is 0 Å². The summed E-state index contributed by atoms with van der Waals surface area (Å²) in [6, 6.07) is 0. The second kappa shape index (κ2) is 17.3. The third kappa shape index (κ3) is 12.1. The van der Waals surface area contributed by atoms with Gasteiger partial charge in [0.2, 0.25) is 0 Å². The Hall–Kier alpha value is -0.570. The molecule has 3 heteroatoms. The summed E-state index contributed by atoms with van der Waals surface area (Å²) in [6.07, 6.45) is 23.5. The minimum atomic E-state index is -0.306. The molecule has 1 N–H and O–H groups in total. The van der Waals surface area contributed by atoms with Gasteiger partial charge in [0.25, 0.3) is 0 Å². The standard InChI is InChI=1S/C25H48O3/c1-3-5-6-7-8-9-10-11-12-13-14-15-16-17-18-20-22(26)21-24-23(19-4-2)25(27)28-24/h22-24,26H,3-21H2,1-2H3/t22-,23-,24-/m1/s1. The zero-order valence-corrected chi connectivity index (χ0v) is 18.9. The summed E-state index contributed by atoms with van der Waals surface area (Å²) in [6.45, 7) is 4.37. The molecule has 0 unspecified atom stereocenters. The first kappa shape index (κ1) is 25.5. The van der Waals surface area contributed by atoms with Gasteiger partial charge in [-0.2, -0.15) is 0 Å².